The van der Waals surface area contributed by atoms with Crippen LogP contribution in [-0.2, 0) is 19.1 Å². The summed E-state index contributed by atoms with van der Waals surface area (Å²) >= 11 is 0. The Hall–Kier alpha value is -3.20. The number of nitrogens with one attached hydrogen (secondary N) is 2. The largest absolute Gasteiger partial charge is 0.478 e. The average Bonchev–Trinajstić information content (AvgIpc) is 3.14. The van der Waals surface area contributed by atoms with Crippen LogP contribution >= 0.6 is 0 Å². The van der Waals surface area contributed by atoms with Crippen molar-refractivity contribution in [3.05, 3.63) is 71.3 Å². The number of hydrogen-bond acceptors (Lipinski definition) is 4. The van der Waals surface area contributed by atoms with Crippen LogP contribution in [0.25, 0.3) is 11.4 Å². The van der Waals surface area contributed by atoms with E-state index in [0.29, 0.717) is 30.2 Å². The van der Waals surface area contributed by atoms with Crippen molar-refractivity contribution in [2.75, 3.05) is 6.54 Å². The van der Waals surface area contributed by atoms with E-state index in [1.54, 1.807) is 12.3 Å². The highest BCUT2D eigenvalue weighted by atomic mass is 19.4. The van der Waals surface area contributed by atoms with E-state index in [1.165, 1.54) is 30.5 Å². The number of carboxylic acids is 1. The summed E-state index contributed by atoms with van der Waals surface area (Å²) in [7, 11) is 0. The molecule has 0 aliphatic carbocycles. The maximum atomic E-state index is 13.0. The molecule has 0 saturated heterocycles. The molecule has 1 aromatic carbocycles. The quantitative estimate of drug-likeness (QED) is 0.537. The van der Waals surface area contributed by atoms with Gasteiger partial charge in [0.2, 0.25) is 0 Å². The van der Waals surface area contributed by atoms with Crippen LogP contribution < -0.4 is 5.32 Å². The zero-order valence-electron chi connectivity index (χ0n) is 14.6. The molecular weight excluding hydrogens is 373 g/mol. The normalized spacial score (nSPS) is 11.5. The number of alkyl halides is 3. The summed E-state index contributed by atoms with van der Waals surface area (Å²) in [6, 6.07) is 8.28. The van der Waals surface area contributed by atoms with Crippen molar-refractivity contribution in [1.82, 2.24) is 20.3 Å². The van der Waals surface area contributed by atoms with Gasteiger partial charge in [0.1, 0.15) is 5.82 Å². The Morgan fingerprint density at radius 3 is 2.71 bits per heavy atom. The lowest BCUT2D eigenvalue weighted by Gasteiger charge is -2.13. The van der Waals surface area contributed by atoms with Crippen LogP contribution in [0.1, 0.15) is 27.3 Å². The third-order valence-corrected chi connectivity index (χ3v) is 4.09. The number of rotatable bonds is 7. The molecule has 0 spiro atoms. The lowest BCUT2D eigenvalue weighted by atomic mass is 10.1. The van der Waals surface area contributed by atoms with Crippen molar-refractivity contribution in [1.29, 1.82) is 0 Å². The first-order valence-corrected chi connectivity index (χ1v) is 8.44. The molecule has 0 fully saturated rings. The van der Waals surface area contributed by atoms with Gasteiger partial charge in [-0.1, -0.05) is 18.2 Å². The van der Waals surface area contributed by atoms with Gasteiger partial charge in [-0.3, -0.25) is 4.98 Å². The monoisotopic (exact) mass is 390 g/mol. The van der Waals surface area contributed by atoms with E-state index in [0.717, 1.165) is 6.07 Å². The molecule has 0 amide bonds. The van der Waals surface area contributed by atoms with Crippen molar-refractivity contribution in [3.63, 3.8) is 0 Å². The van der Waals surface area contributed by atoms with E-state index < -0.39 is 17.7 Å². The second-order valence-corrected chi connectivity index (χ2v) is 6.06. The molecule has 0 atom stereocenters. The van der Waals surface area contributed by atoms with Gasteiger partial charge in [0, 0.05) is 25.7 Å². The first-order chi connectivity index (χ1) is 13.3. The maximum Gasteiger partial charge on any atom is 0.416 e. The van der Waals surface area contributed by atoms with E-state index in [2.05, 4.69) is 20.3 Å². The molecule has 3 aromatic rings. The minimum absolute atomic E-state index is 0.0888. The number of aromatic nitrogens is 3. The third kappa shape index (κ3) is 4.74. The van der Waals surface area contributed by atoms with Crippen molar-refractivity contribution < 1.29 is 23.1 Å². The lowest BCUT2D eigenvalue weighted by Crippen LogP contribution is -2.20. The van der Waals surface area contributed by atoms with Gasteiger partial charge in [-0.25, -0.2) is 9.78 Å². The predicted octanol–water partition coefficient (Wildman–Crippen LogP) is 3.52. The number of hydrogen-bond donors (Lipinski definition) is 3. The summed E-state index contributed by atoms with van der Waals surface area (Å²) < 4.78 is 38.9. The molecule has 0 radical (unpaired) electrons. The van der Waals surface area contributed by atoms with E-state index in [1.807, 2.05) is 0 Å². The van der Waals surface area contributed by atoms with Crippen LogP contribution in [0.4, 0.5) is 13.2 Å². The molecule has 2 aromatic heterocycles. The van der Waals surface area contributed by atoms with E-state index in [9.17, 15) is 18.0 Å². The summed E-state index contributed by atoms with van der Waals surface area (Å²) in [5, 5.41) is 12.0. The summed E-state index contributed by atoms with van der Waals surface area (Å²) in [6.07, 6.45) is -0.973. The molecule has 0 unspecified atom stereocenters. The number of aromatic amines is 1. The second kappa shape index (κ2) is 8.22. The van der Waals surface area contributed by atoms with Gasteiger partial charge in [-0.15, -0.1) is 0 Å². The fraction of sp³-hybridized carbons (Fsp3) is 0.211. The third-order valence-electron chi connectivity index (χ3n) is 4.09. The molecule has 0 saturated carbocycles. The number of halogens is 3. The van der Waals surface area contributed by atoms with Gasteiger partial charge in [-0.05, 0) is 23.8 Å². The number of imidazole rings is 1. The smallest absolute Gasteiger partial charge is 0.416 e. The topological polar surface area (TPSA) is 90.9 Å². The van der Waals surface area contributed by atoms with Gasteiger partial charge >= 0.3 is 12.1 Å². The zero-order valence-corrected chi connectivity index (χ0v) is 14.6. The molecule has 0 aliphatic heterocycles. The number of carboxylic acid groups (broad SMARTS) is 1. The predicted molar refractivity (Wildman–Crippen MR) is 95.6 cm³/mol. The molecule has 3 rings (SSSR count). The standard InChI is InChI=1S/C19H17F3N4O2/c20-19(21,22)14-4-2-1-3-13(14)10-23-7-6-17-25-11-16(26-17)15-9-12(18(27)28)5-8-24-15/h1-5,8-9,11,23H,6-7,10H2,(H,25,26)(H,27,28). The Bertz CT molecular complexity index is 970. The number of pyridine rings is 1. The maximum absolute atomic E-state index is 13.0. The first kappa shape index (κ1) is 19.6. The highest BCUT2D eigenvalue weighted by molar-refractivity contribution is 5.88. The van der Waals surface area contributed by atoms with Crippen molar-refractivity contribution in [2.45, 2.75) is 19.1 Å². The highest BCUT2D eigenvalue weighted by Crippen LogP contribution is 2.31. The van der Waals surface area contributed by atoms with Crippen LogP contribution in [0.5, 0.6) is 0 Å². The fourth-order valence-electron chi connectivity index (χ4n) is 2.71. The molecule has 2 heterocycles. The Morgan fingerprint density at radius 1 is 1.18 bits per heavy atom. The van der Waals surface area contributed by atoms with E-state index in [4.69, 9.17) is 5.11 Å². The first-order valence-electron chi connectivity index (χ1n) is 8.44. The number of H-pyrrole nitrogens is 1. The molecule has 0 bridgehead atoms. The average molecular weight is 390 g/mol. The van der Waals surface area contributed by atoms with Gasteiger partial charge in [0.05, 0.1) is 28.7 Å². The van der Waals surface area contributed by atoms with Gasteiger partial charge in [-0.2, -0.15) is 13.2 Å². The number of carbonyl (C=O) groups is 1. The van der Waals surface area contributed by atoms with Crippen molar-refractivity contribution in [2.24, 2.45) is 0 Å². The molecule has 28 heavy (non-hydrogen) atoms. The summed E-state index contributed by atoms with van der Waals surface area (Å²) in [5.74, 6) is -0.430. The van der Waals surface area contributed by atoms with E-state index >= 15 is 0 Å². The zero-order chi connectivity index (χ0) is 20.1. The minimum atomic E-state index is -4.38. The Balaban J connectivity index is 1.58. The number of benzene rings is 1. The lowest BCUT2D eigenvalue weighted by molar-refractivity contribution is -0.138. The number of nitrogens with zero attached hydrogens (tertiary/aromatic N) is 2. The fourth-order valence-corrected chi connectivity index (χ4v) is 2.71. The van der Waals surface area contributed by atoms with E-state index in [-0.39, 0.29) is 17.7 Å². The van der Waals surface area contributed by atoms with Crippen LogP contribution in [-0.4, -0.2) is 32.6 Å². The minimum Gasteiger partial charge on any atom is -0.478 e. The van der Waals surface area contributed by atoms with Crippen LogP contribution in [0.15, 0.2) is 48.8 Å². The van der Waals surface area contributed by atoms with Crippen LogP contribution in [0, 0.1) is 0 Å². The number of aromatic carboxylic acids is 1. The van der Waals surface area contributed by atoms with Gasteiger partial charge in [0.25, 0.3) is 0 Å². The molecule has 146 valence electrons. The molecular formula is C19H17F3N4O2. The molecule has 9 heteroatoms. The summed E-state index contributed by atoms with van der Waals surface area (Å²) in [4.78, 5) is 22.4. The molecule has 6 nitrogen and oxygen atoms in total. The Labute approximate surface area is 158 Å². The van der Waals surface area contributed by atoms with Crippen molar-refractivity contribution >= 4 is 5.97 Å². The highest BCUT2D eigenvalue weighted by Gasteiger charge is 2.32. The second-order valence-electron chi connectivity index (χ2n) is 6.06. The SMILES string of the molecule is O=C(O)c1ccnc(-c2cnc(CCNCc3ccccc3C(F)(F)F)[nH]2)c1. The summed E-state index contributed by atoms with van der Waals surface area (Å²) in [6.45, 7) is 0.507. The van der Waals surface area contributed by atoms with Crippen molar-refractivity contribution in [3.8, 4) is 11.4 Å². The van der Waals surface area contributed by atoms with Gasteiger partial charge < -0.3 is 15.4 Å². The molecule has 0 aliphatic rings. The molecule has 3 N–H and O–H groups in total. The Kier molecular flexibility index (Phi) is 5.74. The Morgan fingerprint density at radius 2 is 1.96 bits per heavy atom. The summed E-state index contributed by atoms with van der Waals surface area (Å²) in [5.41, 5.74) is 0.675. The van der Waals surface area contributed by atoms with Crippen LogP contribution in [0.2, 0.25) is 0 Å². The van der Waals surface area contributed by atoms with Gasteiger partial charge in [0.15, 0.2) is 0 Å². The van der Waals surface area contributed by atoms with Crippen LogP contribution in [0.3, 0.4) is 0 Å².